The van der Waals surface area contributed by atoms with E-state index < -0.39 is 17.7 Å². The van der Waals surface area contributed by atoms with E-state index in [2.05, 4.69) is 10.6 Å². The Labute approximate surface area is 156 Å². The normalized spacial score (nSPS) is 10.3. The molecule has 0 saturated heterocycles. The van der Waals surface area contributed by atoms with Crippen LogP contribution in [0, 0.1) is 11.6 Å². The van der Waals surface area contributed by atoms with Crippen LogP contribution in [0.4, 0.5) is 13.6 Å². The van der Waals surface area contributed by atoms with Gasteiger partial charge in [0.15, 0.2) is 0 Å². The number of benzene rings is 2. The standard InChI is InChI=1S/C20H22F2N2O3/c21-17-11-16(12-18(22)13-17)8-10-23-19(25)7-4-9-24-20(26)27-14-15-5-2-1-3-6-15/h1-3,5-6,11-13H,4,7-10,14H2,(H,23,25)(H,24,26). The van der Waals surface area contributed by atoms with Crippen LogP contribution in [0.15, 0.2) is 48.5 Å². The second-order valence-corrected chi connectivity index (χ2v) is 5.97. The first kappa shape index (κ1) is 20.4. The molecule has 0 spiro atoms. The second-order valence-electron chi connectivity index (χ2n) is 5.97. The van der Waals surface area contributed by atoms with Crippen molar-refractivity contribution in [2.45, 2.75) is 25.9 Å². The van der Waals surface area contributed by atoms with Crippen molar-refractivity contribution in [1.29, 1.82) is 0 Å². The Balaban J connectivity index is 1.53. The number of rotatable bonds is 9. The number of hydrogen-bond acceptors (Lipinski definition) is 3. The molecule has 2 aromatic carbocycles. The van der Waals surface area contributed by atoms with E-state index >= 15 is 0 Å². The minimum atomic E-state index is -0.637. The highest BCUT2D eigenvalue weighted by molar-refractivity contribution is 5.76. The summed E-state index contributed by atoms with van der Waals surface area (Å²) < 4.78 is 31.2. The summed E-state index contributed by atoms with van der Waals surface area (Å²) in [6.45, 7) is 0.790. The Bertz CT molecular complexity index is 734. The van der Waals surface area contributed by atoms with E-state index in [0.29, 0.717) is 24.9 Å². The minimum absolute atomic E-state index is 0.188. The third-order valence-electron chi connectivity index (χ3n) is 3.72. The lowest BCUT2D eigenvalue weighted by Gasteiger charge is -2.08. The molecule has 0 unspecified atom stereocenters. The van der Waals surface area contributed by atoms with Gasteiger partial charge in [-0.2, -0.15) is 0 Å². The molecule has 144 valence electrons. The van der Waals surface area contributed by atoms with E-state index in [1.54, 1.807) is 0 Å². The van der Waals surface area contributed by atoms with Crippen LogP contribution in [0.3, 0.4) is 0 Å². The highest BCUT2D eigenvalue weighted by Gasteiger charge is 2.05. The maximum absolute atomic E-state index is 13.1. The smallest absolute Gasteiger partial charge is 0.407 e. The van der Waals surface area contributed by atoms with Crippen molar-refractivity contribution in [3.05, 3.63) is 71.3 Å². The Morgan fingerprint density at radius 1 is 0.889 bits per heavy atom. The lowest BCUT2D eigenvalue weighted by Crippen LogP contribution is -2.28. The molecule has 7 heteroatoms. The molecule has 2 aromatic rings. The molecule has 0 aromatic heterocycles. The number of carbonyl (C=O) groups is 2. The van der Waals surface area contributed by atoms with Crippen molar-refractivity contribution >= 4 is 12.0 Å². The van der Waals surface area contributed by atoms with Gasteiger partial charge in [0, 0.05) is 25.6 Å². The second kappa shape index (κ2) is 10.9. The van der Waals surface area contributed by atoms with Gasteiger partial charge in [0.1, 0.15) is 18.2 Å². The molecule has 2 amide bonds. The molecule has 0 bridgehead atoms. The summed E-state index contributed by atoms with van der Waals surface area (Å²) in [5.74, 6) is -1.46. The van der Waals surface area contributed by atoms with Crippen molar-refractivity contribution in [1.82, 2.24) is 10.6 Å². The zero-order valence-electron chi connectivity index (χ0n) is 14.8. The molecule has 27 heavy (non-hydrogen) atoms. The summed E-state index contributed by atoms with van der Waals surface area (Å²) in [5.41, 5.74) is 1.38. The quantitative estimate of drug-likeness (QED) is 0.660. The van der Waals surface area contributed by atoms with E-state index in [4.69, 9.17) is 4.74 Å². The van der Waals surface area contributed by atoms with Crippen molar-refractivity contribution in [3.8, 4) is 0 Å². The number of ether oxygens (including phenoxy) is 1. The Morgan fingerprint density at radius 3 is 2.30 bits per heavy atom. The maximum Gasteiger partial charge on any atom is 0.407 e. The molecule has 0 aliphatic carbocycles. The van der Waals surface area contributed by atoms with Gasteiger partial charge in [0.25, 0.3) is 0 Å². The fourth-order valence-electron chi connectivity index (χ4n) is 2.40. The fraction of sp³-hybridized carbons (Fsp3) is 0.300. The molecule has 0 aliphatic heterocycles. The van der Waals surface area contributed by atoms with Gasteiger partial charge in [-0.25, -0.2) is 13.6 Å². The Morgan fingerprint density at radius 2 is 1.59 bits per heavy atom. The van der Waals surface area contributed by atoms with E-state index in [1.807, 2.05) is 30.3 Å². The summed E-state index contributed by atoms with van der Waals surface area (Å²) in [6.07, 6.45) is 0.495. The Kier molecular flexibility index (Phi) is 8.22. The molecule has 0 heterocycles. The minimum Gasteiger partial charge on any atom is -0.445 e. The first-order valence-corrected chi connectivity index (χ1v) is 8.69. The summed E-state index contributed by atoms with van der Waals surface area (Å²) in [7, 11) is 0. The lowest BCUT2D eigenvalue weighted by molar-refractivity contribution is -0.121. The molecular formula is C20H22F2N2O3. The summed E-state index contributed by atoms with van der Waals surface area (Å²) in [5, 5.41) is 5.26. The van der Waals surface area contributed by atoms with E-state index in [9.17, 15) is 18.4 Å². The van der Waals surface area contributed by atoms with Crippen LogP contribution in [0.1, 0.15) is 24.0 Å². The predicted molar refractivity (Wildman–Crippen MR) is 96.9 cm³/mol. The van der Waals surface area contributed by atoms with Crippen LogP contribution >= 0.6 is 0 Å². The van der Waals surface area contributed by atoms with Crippen molar-refractivity contribution in [2.75, 3.05) is 13.1 Å². The first-order valence-electron chi connectivity index (χ1n) is 8.69. The number of nitrogens with one attached hydrogen (secondary N) is 2. The third kappa shape index (κ3) is 8.31. The van der Waals surface area contributed by atoms with Gasteiger partial charge in [-0.1, -0.05) is 30.3 Å². The van der Waals surface area contributed by atoms with E-state index in [1.165, 1.54) is 12.1 Å². The van der Waals surface area contributed by atoms with Crippen molar-refractivity contribution in [3.63, 3.8) is 0 Å². The molecule has 5 nitrogen and oxygen atoms in total. The zero-order chi connectivity index (χ0) is 19.5. The van der Waals surface area contributed by atoms with Crippen LogP contribution in [0.5, 0.6) is 0 Å². The van der Waals surface area contributed by atoms with Crippen molar-refractivity contribution in [2.24, 2.45) is 0 Å². The highest BCUT2D eigenvalue weighted by atomic mass is 19.1. The van der Waals surface area contributed by atoms with Crippen molar-refractivity contribution < 1.29 is 23.1 Å². The zero-order valence-corrected chi connectivity index (χ0v) is 14.8. The summed E-state index contributed by atoms with van der Waals surface area (Å²) in [4.78, 5) is 23.3. The monoisotopic (exact) mass is 376 g/mol. The Hall–Kier alpha value is -2.96. The number of carbonyl (C=O) groups excluding carboxylic acids is 2. The van der Waals surface area contributed by atoms with Gasteiger partial charge in [-0.15, -0.1) is 0 Å². The van der Waals surface area contributed by atoms with Crippen LogP contribution in [-0.4, -0.2) is 25.1 Å². The van der Waals surface area contributed by atoms with Gasteiger partial charge >= 0.3 is 6.09 Å². The average Bonchev–Trinajstić information content (AvgIpc) is 2.64. The number of halogens is 2. The lowest BCUT2D eigenvalue weighted by atomic mass is 10.1. The van der Waals surface area contributed by atoms with Crippen LogP contribution < -0.4 is 10.6 Å². The largest absolute Gasteiger partial charge is 0.445 e. The summed E-state index contributed by atoms with van der Waals surface area (Å²) >= 11 is 0. The fourth-order valence-corrected chi connectivity index (χ4v) is 2.40. The van der Waals surface area contributed by atoms with Gasteiger partial charge in [0.2, 0.25) is 5.91 Å². The highest BCUT2D eigenvalue weighted by Crippen LogP contribution is 2.08. The number of amides is 2. The molecule has 0 fully saturated rings. The average molecular weight is 376 g/mol. The molecule has 2 rings (SSSR count). The van der Waals surface area contributed by atoms with E-state index in [-0.39, 0.29) is 25.5 Å². The molecular weight excluding hydrogens is 354 g/mol. The molecule has 0 saturated carbocycles. The van der Waals surface area contributed by atoms with Crippen LogP contribution in [0.2, 0.25) is 0 Å². The van der Waals surface area contributed by atoms with Crippen LogP contribution in [0.25, 0.3) is 0 Å². The van der Waals surface area contributed by atoms with Gasteiger partial charge in [-0.3, -0.25) is 4.79 Å². The van der Waals surface area contributed by atoms with Gasteiger partial charge < -0.3 is 15.4 Å². The molecule has 0 atom stereocenters. The number of hydrogen-bond donors (Lipinski definition) is 2. The maximum atomic E-state index is 13.1. The predicted octanol–water partition coefficient (Wildman–Crippen LogP) is 3.33. The molecule has 0 aliphatic rings. The van der Waals surface area contributed by atoms with Gasteiger partial charge in [-0.05, 0) is 36.1 Å². The molecule has 2 N–H and O–H groups in total. The SMILES string of the molecule is O=C(CCCNC(=O)OCc1ccccc1)NCCc1cc(F)cc(F)c1. The van der Waals surface area contributed by atoms with Gasteiger partial charge in [0.05, 0.1) is 0 Å². The van der Waals surface area contributed by atoms with Crippen LogP contribution in [-0.2, 0) is 22.6 Å². The third-order valence-corrected chi connectivity index (χ3v) is 3.72. The topological polar surface area (TPSA) is 67.4 Å². The summed E-state index contributed by atoms with van der Waals surface area (Å²) in [6, 6.07) is 12.6. The van der Waals surface area contributed by atoms with E-state index in [0.717, 1.165) is 11.6 Å². The molecule has 0 radical (unpaired) electrons. The first-order chi connectivity index (χ1) is 13.0. The number of alkyl carbamates (subject to hydrolysis) is 1.